The first-order chi connectivity index (χ1) is 9.69. The zero-order valence-electron chi connectivity index (χ0n) is 10.9. The van der Waals surface area contributed by atoms with Gasteiger partial charge in [-0.25, -0.2) is 4.98 Å². The van der Waals surface area contributed by atoms with Crippen molar-refractivity contribution in [2.45, 2.75) is 13.5 Å². The molecule has 0 atom stereocenters. The van der Waals surface area contributed by atoms with E-state index in [1.807, 2.05) is 6.92 Å². The molecule has 0 spiro atoms. The second-order valence-electron chi connectivity index (χ2n) is 3.97. The predicted molar refractivity (Wildman–Crippen MR) is 73.6 cm³/mol. The third-order valence-corrected chi connectivity index (χ3v) is 2.48. The van der Waals surface area contributed by atoms with Gasteiger partial charge in [0.25, 0.3) is 5.69 Å². The Morgan fingerprint density at radius 1 is 1.35 bits per heavy atom. The van der Waals surface area contributed by atoms with Crippen LogP contribution in [0.3, 0.4) is 0 Å². The summed E-state index contributed by atoms with van der Waals surface area (Å²) in [5, 5.41) is 13.7. The van der Waals surface area contributed by atoms with Gasteiger partial charge in [0.05, 0.1) is 29.1 Å². The summed E-state index contributed by atoms with van der Waals surface area (Å²) < 4.78 is 5.46. The summed E-state index contributed by atoms with van der Waals surface area (Å²) in [6.45, 7) is 2.96. The van der Waals surface area contributed by atoms with Gasteiger partial charge in [0, 0.05) is 12.6 Å². The third kappa shape index (κ3) is 3.64. The second-order valence-corrected chi connectivity index (χ2v) is 3.97. The molecule has 0 amide bonds. The van der Waals surface area contributed by atoms with Crippen molar-refractivity contribution < 1.29 is 9.66 Å². The van der Waals surface area contributed by atoms with Crippen LogP contribution in [0, 0.1) is 10.1 Å². The normalized spacial score (nSPS) is 10.1. The average Bonchev–Trinajstić information content (AvgIpc) is 2.47. The molecule has 1 aromatic carbocycles. The van der Waals surface area contributed by atoms with E-state index in [0.717, 1.165) is 6.54 Å². The number of nitro groups is 1. The SMILES string of the molecule is CCNc1cnc(COc2cccc([N+](=O)[O-])c2)cn1. The molecule has 1 aromatic heterocycles. The molecule has 0 bridgehead atoms. The van der Waals surface area contributed by atoms with E-state index in [-0.39, 0.29) is 12.3 Å². The zero-order chi connectivity index (χ0) is 14.4. The van der Waals surface area contributed by atoms with Crippen LogP contribution in [0.15, 0.2) is 36.7 Å². The molecule has 1 heterocycles. The summed E-state index contributed by atoms with van der Waals surface area (Å²) in [6, 6.07) is 6.03. The Morgan fingerprint density at radius 3 is 2.85 bits per heavy atom. The molecule has 0 radical (unpaired) electrons. The lowest BCUT2D eigenvalue weighted by molar-refractivity contribution is -0.384. The molecule has 7 nitrogen and oxygen atoms in total. The highest BCUT2D eigenvalue weighted by Crippen LogP contribution is 2.19. The Kier molecular flexibility index (Phi) is 4.43. The van der Waals surface area contributed by atoms with Crippen LogP contribution in [-0.4, -0.2) is 21.4 Å². The number of benzene rings is 1. The van der Waals surface area contributed by atoms with Crippen molar-refractivity contribution in [3.63, 3.8) is 0 Å². The van der Waals surface area contributed by atoms with E-state index in [4.69, 9.17) is 4.74 Å². The van der Waals surface area contributed by atoms with Crippen molar-refractivity contribution in [3.8, 4) is 5.75 Å². The van der Waals surface area contributed by atoms with Crippen LogP contribution < -0.4 is 10.1 Å². The van der Waals surface area contributed by atoms with E-state index >= 15 is 0 Å². The molecule has 0 aliphatic rings. The van der Waals surface area contributed by atoms with E-state index in [0.29, 0.717) is 17.3 Å². The first-order valence-corrected chi connectivity index (χ1v) is 6.11. The summed E-state index contributed by atoms with van der Waals surface area (Å²) in [7, 11) is 0. The molecule has 0 saturated carbocycles. The number of anilines is 1. The van der Waals surface area contributed by atoms with Crippen LogP contribution in [-0.2, 0) is 6.61 Å². The maximum Gasteiger partial charge on any atom is 0.273 e. The fourth-order valence-corrected chi connectivity index (χ4v) is 1.55. The molecule has 7 heteroatoms. The van der Waals surface area contributed by atoms with Gasteiger partial charge >= 0.3 is 0 Å². The Bertz CT molecular complexity index is 586. The number of nitrogens with one attached hydrogen (secondary N) is 1. The van der Waals surface area contributed by atoms with Crippen molar-refractivity contribution in [2.75, 3.05) is 11.9 Å². The van der Waals surface area contributed by atoms with Crippen molar-refractivity contribution >= 4 is 11.5 Å². The summed E-state index contributed by atoms with van der Waals surface area (Å²) in [5.74, 6) is 1.13. The Hall–Kier alpha value is -2.70. The van der Waals surface area contributed by atoms with Crippen LogP contribution in [0.25, 0.3) is 0 Å². The molecule has 2 aromatic rings. The Morgan fingerprint density at radius 2 is 2.20 bits per heavy atom. The van der Waals surface area contributed by atoms with Crippen molar-refractivity contribution in [2.24, 2.45) is 0 Å². The zero-order valence-corrected chi connectivity index (χ0v) is 10.9. The lowest BCUT2D eigenvalue weighted by atomic mass is 10.3. The first kappa shape index (κ1) is 13.7. The fourth-order valence-electron chi connectivity index (χ4n) is 1.55. The molecule has 20 heavy (non-hydrogen) atoms. The minimum atomic E-state index is -0.460. The van der Waals surface area contributed by atoms with Crippen LogP contribution in [0.4, 0.5) is 11.5 Å². The molecule has 1 N–H and O–H groups in total. The number of hydrogen-bond donors (Lipinski definition) is 1. The minimum Gasteiger partial charge on any atom is -0.487 e. The summed E-state index contributed by atoms with van der Waals surface area (Å²) in [4.78, 5) is 18.5. The lowest BCUT2D eigenvalue weighted by Crippen LogP contribution is -2.03. The van der Waals surface area contributed by atoms with Gasteiger partial charge in [-0.3, -0.25) is 15.1 Å². The van der Waals surface area contributed by atoms with Gasteiger partial charge in [0.2, 0.25) is 0 Å². The van der Waals surface area contributed by atoms with Gasteiger partial charge in [-0.05, 0) is 13.0 Å². The molecular formula is C13H14N4O3. The molecule has 0 unspecified atom stereocenters. The van der Waals surface area contributed by atoms with E-state index in [2.05, 4.69) is 15.3 Å². The second kappa shape index (κ2) is 6.46. The molecule has 0 aliphatic carbocycles. The van der Waals surface area contributed by atoms with Gasteiger partial charge in [0.1, 0.15) is 18.2 Å². The molecule has 0 saturated heterocycles. The van der Waals surface area contributed by atoms with Gasteiger partial charge in [-0.2, -0.15) is 0 Å². The maximum atomic E-state index is 10.6. The van der Waals surface area contributed by atoms with Crippen LogP contribution in [0.2, 0.25) is 0 Å². The summed E-state index contributed by atoms with van der Waals surface area (Å²) >= 11 is 0. The fraction of sp³-hybridized carbons (Fsp3) is 0.231. The van der Waals surface area contributed by atoms with Gasteiger partial charge in [-0.1, -0.05) is 6.07 Å². The predicted octanol–water partition coefficient (Wildman–Crippen LogP) is 2.40. The number of rotatable bonds is 6. The lowest BCUT2D eigenvalue weighted by Gasteiger charge is -2.06. The van der Waals surface area contributed by atoms with E-state index in [9.17, 15) is 10.1 Å². The van der Waals surface area contributed by atoms with Gasteiger partial charge in [-0.15, -0.1) is 0 Å². The Balaban J connectivity index is 1.97. The topological polar surface area (TPSA) is 90.2 Å². The number of non-ortho nitro benzene ring substituents is 1. The van der Waals surface area contributed by atoms with Gasteiger partial charge in [0.15, 0.2) is 0 Å². The summed E-state index contributed by atoms with van der Waals surface area (Å²) in [5.41, 5.74) is 0.647. The Labute approximate surface area is 115 Å². The smallest absolute Gasteiger partial charge is 0.273 e. The third-order valence-electron chi connectivity index (χ3n) is 2.48. The van der Waals surface area contributed by atoms with E-state index in [1.54, 1.807) is 24.5 Å². The standard InChI is InChI=1S/C13H14N4O3/c1-2-14-13-8-15-10(7-16-13)9-20-12-5-3-4-11(6-12)17(18)19/h3-8H,2,9H2,1H3,(H,14,16). The highest BCUT2D eigenvalue weighted by atomic mass is 16.6. The molecule has 2 rings (SSSR count). The van der Waals surface area contributed by atoms with E-state index in [1.165, 1.54) is 12.1 Å². The van der Waals surface area contributed by atoms with E-state index < -0.39 is 4.92 Å². The number of aromatic nitrogens is 2. The van der Waals surface area contributed by atoms with Crippen molar-refractivity contribution in [3.05, 3.63) is 52.5 Å². The first-order valence-electron chi connectivity index (χ1n) is 6.11. The number of nitrogens with zero attached hydrogens (tertiary/aromatic N) is 3. The largest absolute Gasteiger partial charge is 0.487 e. The van der Waals surface area contributed by atoms with Gasteiger partial charge < -0.3 is 10.1 Å². The molecule has 0 fully saturated rings. The minimum absolute atomic E-state index is 0.00363. The van der Waals surface area contributed by atoms with Crippen molar-refractivity contribution in [1.82, 2.24) is 9.97 Å². The molecule has 104 valence electrons. The average molecular weight is 274 g/mol. The quantitative estimate of drug-likeness (QED) is 0.642. The van der Waals surface area contributed by atoms with Crippen LogP contribution in [0.1, 0.15) is 12.6 Å². The van der Waals surface area contributed by atoms with Crippen LogP contribution in [0.5, 0.6) is 5.75 Å². The highest BCUT2D eigenvalue weighted by molar-refractivity contribution is 5.38. The number of hydrogen-bond acceptors (Lipinski definition) is 6. The monoisotopic (exact) mass is 274 g/mol. The highest BCUT2D eigenvalue weighted by Gasteiger charge is 2.06. The summed E-state index contributed by atoms with van der Waals surface area (Å²) in [6.07, 6.45) is 3.23. The maximum absolute atomic E-state index is 10.6. The molecule has 0 aliphatic heterocycles. The van der Waals surface area contributed by atoms with Crippen molar-refractivity contribution in [1.29, 1.82) is 0 Å². The number of nitro benzene ring substituents is 1. The van der Waals surface area contributed by atoms with Crippen LogP contribution >= 0.6 is 0 Å². The number of ether oxygens (including phenoxy) is 1. The molecular weight excluding hydrogens is 260 g/mol.